The van der Waals surface area contributed by atoms with Crippen LogP contribution in [0.2, 0.25) is 0 Å². The number of carbonyl (C=O) groups is 2. The molecule has 1 spiro atoms. The molecule has 1 fully saturated rings. The van der Waals surface area contributed by atoms with E-state index in [1.807, 2.05) is 35.2 Å². The first kappa shape index (κ1) is 22.0. The Morgan fingerprint density at radius 2 is 1.81 bits per heavy atom. The molecule has 0 unspecified atom stereocenters. The van der Waals surface area contributed by atoms with Crippen molar-refractivity contribution in [2.75, 3.05) is 38.2 Å². The molecule has 1 N–H and O–H groups in total. The fraction of sp³-hybridized carbons (Fsp3) is 0.440. The molecule has 0 radical (unpaired) electrons. The Labute approximate surface area is 189 Å². The first-order valence-electron chi connectivity index (χ1n) is 11.2. The second kappa shape index (κ2) is 9.51. The first-order valence-corrected chi connectivity index (χ1v) is 11.2. The SMILES string of the molecule is COc1cccc(CN2CCC3(CCN(C(=O)CNC(C)=O)CC3)Oc3ccccc32)c1. The van der Waals surface area contributed by atoms with Crippen LogP contribution in [0.1, 0.15) is 31.7 Å². The fourth-order valence-electron chi connectivity index (χ4n) is 4.53. The molecule has 0 atom stereocenters. The summed E-state index contributed by atoms with van der Waals surface area (Å²) in [7, 11) is 1.69. The summed E-state index contributed by atoms with van der Waals surface area (Å²) in [5.74, 6) is 1.52. The van der Waals surface area contributed by atoms with Crippen LogP contribution in [-0.4, -0.2) is 55.6 Å². The van der Waals surface area contributed by atoms with Crippen molar-refractivity contribution in [3.8, 4) is 11.5 Å². The highest BCUT2D eigenvalue weighted by Gasteiger charge is 2.40. The molecule has 2 aliphatic rings. The molecule has 32 heavy (non-hydrogen) atoms. The molecule has 0 aromatic heterocycles. The van der Waals surface area contributed by atoms with Gasteiger partial charge in [-0.15, -0.1) is 0 Å². The van der Waals surface area contributed by atoms with E-state index in [0.717, 1.165) is 49.5 Å². The van der Waals surface area contributed by atoms with Crippen LogP contribution in [-0.2, 0) is 16.1 Å². The number of ether oxygens (including phenoxy) is 2. The summed E-state index contributed by atoms with van der Waals surface area (Å²) in [6, 6.07) is 16.4. The molecule has 4 rings (SSSR count). The number of piperidine rings is 1. The Morgan fingerprint density at radius 3 is 2.56 bits per heavy atom. The maximum absolute atomic E-state index is 12.4. The van der Waals surface area contributed by atoms with Gasteiger partial charge in [-0.3, -0.25) is 9.59 Å². The third-order valence-electron chi connectivity index (χ3n) is 6.39. The molecule has 0 aliphatic carbocycles. The predicted octanol–water partition coefficient (Wildman–Crippen LogP) is 2.98. The molecule has 0 saturated carbocycles. The molecule has 2 aromatic rings. The number of hydrogen-bond acceptors (Lipinski definition) is 5. The minimum atomic E-state index is -0.288. The van der Waals surface area contributed by atoms with Gasteiger partial charge in [0, 0.05) is 52.4 Å². The standard InChI is InChI=1S/C25H31N3O4/c1-19(29)26-17-24(30)27-13-10-25(11-14-27)12-15-28(22-8-3-4-9-23(22)32-25)18-20-6-5-7-21(16-20)31-2/h3-9,16H,10-15,17-18H2,1-2H3,(H,26,29). The number of nitrogens with zero attached hydrogens (tertiary/aromatic N) is 2. The summed E-state index contributed by atoms with van der Waals surface area (Å²) in [6.07, 6.45) is 2.44. The predicted molar refractivity (Wildman–Crippen MR) is 123 cm³/mol. The van der Waals surface area contributed by atoms with Crippen molar-refractivity contribution < 1.29 is 19.1 Å². The zero-order valence-corrected chi connectivity index (χ0v) is 18.8. The number of anilines is 1. The van der Waals surface area contributed by atoms with Gasteiger partial charge in [0.1, 0.15) is 17.1 Å². The minimum absolute atomic E-state index is 0.0382. The van der Waals surface area contributed by atoms with E-state index >= 15 is 0 Å². The summed E-state index contributed by atoms with van der Waals surface area (Å²) < 4.78 is 12.0. The third-order valence-corrected chi connectivity index (χ3v) is 6.39. The van der Waals surface area contributed by atoms with Gasteiger partial charge < -0.3 is 24.6 Å². The maximum Gasteiger partial charge on any atom is 0.241 e. The number of hydrogen-bond donors (Lipinski definition) is 1. The number of amides is 2. The second-order valence-corrected chi connectivity index (χ2v) is 8.57. The van der Waals surface area contributed by atoms with E-state index in [2.05, 4.69) is 28.4 Å². The first-order chi connectivity index (χ1) is 15.5. The number of para-hydroxylation sites is 2. The van der Waals surface area contributed by atoms with Crippen LogP contribution in [0.15, 0.2) is 48.5 Å². The molecular formula is C25H31N3O4. The molecule has 2 heterocycles. The topological polar surface area (TPSA) is 71.1 Å². The van der Waals surface area contributed by atoms with Gasteiger partial charge in [-0.1, -0.05) is 24.3 Å². The average Bonchev–Trinajstić information content (AvgIpc) is 2.95. The Morgan fingerprint density at radius 1 is 1.06 bits per heavy atom. The van der Waals surface area contributed by atoms with Gasteiger partial charge in [-0.25, -0.2) is 0 Å². The van der Waals surface area contributed by atoms with Crippen LogP contribution < -0.4 is 19.7 Å². The van der Waals surface area contributed by atoms with Crippen molar-refractivity contribution in [2.24, 2.45) is 0 Å². The van der Waals surface area contributed by atoms with Gasteiger partial charge in [0.2, 0.25) is 11.8 Å². The van der Waals surface area contributed by atoms with Gasteiger partial charge in [0.15, 0.2) is 0 Å². The molecule has 7 heteroatoms. The Hall–Kier alpha value is -3.22. The zero-order valence-electron chi connectivity index (χ0n) is 18.8. The largest absolute Gasteiger partial charge is 0.497 e. The molecular weight excluding hydrogens is 406 g/mol. The smallest absolute Gasteiger partial charge is 0.241 e. The number of carbonyl (C=O) groups excluding carboxylic acids is 2. The molecule has 1 saturated heterocycles. The van der Waals surface area contributed by atoms with Gasteiger partial charge >= 0.3 is 0 Å². The van der Waals surface area contributed by atoms with Gasteiger partial charge in [0.25, 0.3) is 0 Å². The lowest BCUT2D eigenvalue weighted by molar-refractivity contribution is -0.135. The monoisotopic (exact) mass is 437 g/mol. The Balaban J connectivity index is 1.47. The highest BCUT2D eigenvalue weighted by atomic mass is 16.5. The minimum Gasteiger partial charge on any atom is -0.497 e. The van der Waals surface area contributed by atoms with Crippen LogP contribution in [0.5, 0.6) is 11.5 Å². The number of benzene rings is 2. The molecule has 7 nitrogen and oxygen atoms in total. The van der Waals surface area contributed by atoms with Crippen LogP contribution >= 0.6 is 0 Å². The van der Waals surface area contributed by atoms with Gasteiger partial charge in [-0.2, -0.15) is 0 Å². The lowest BCUT2D eigenvalue weighted by atomic mass is 9.87. The highest BCUT2D eigenvalue weighted by Crippen LogP contribution is 2.41. The molecule has 2 amide bonds. The van der Waals surface area contributed by atoms with Gasteiger partial charge in [0.05, 0.1) is 19.3 Å². The van der Waals surface area contributed by atoms with Crippen molar-refractivity contribution in [1.82, 2.24) is 10.2 Å². The van der Waals surface area contributed by atoms with E-state index in [4.69, 9.17) is 9.47 Å². The third kappa shape index (κ3) is 4.98. The normalized spacial score (nSPS) is 17.2. The summed E-state index contributed by atoms with van der Waals surface area (Å²) in [5, 5.41) is 2.60. The number of methoxy groups -OCH3 is 1. The van der Waals surface area contributed by atoms with Gasteiger partial charge in [-0.05, 0) is 29.8 Å². The van der Waals surface area contributed by atoms with E-state index in [-0.39, 0.29) is 24.0 Å². The maximum atomic E-state index is 12.4. The molecule has 170 valence electrons. The summed E-state index contributed by atoms with van der Waals surface area (Å²) in [6.45, 7) is 4.39. The fourth-order valence-corrected chi connectivity index (χ4v) is 4.53. The lowest BCUT2D eigenvalue weighted by Gasteiger charge is -2.41. The van der Waals surface area contributed by atoms with Crippen LogP contribution in [0.25, 0.3) is 0 Å². The van der Waals surface area contributed by atoms with Crippen molar-refractivity contribution in [3.63, 3.8) is 0 Å². The van der Waals surface area contributed by atoms with Crippen molar-refractivity contribution in [1.29, 1.82) is 0 Å². The average molecular weight is 438 g/mol. The quantitative estimate of drug-likeness (QED) is 0.779. The van der Waals surface area contributed by atoms with E-state index < -0.39 is 0 Å². The summed E-state index contributed by atoms with van der Waals surface area (Å²) in [5.41, 5.74) is 1.99. The molecule has 2 aromatic carbocycles. The van der Waals surface area contributed by atoms with Crippen LogP contribution in [0.3, 0.4) is 0 Å². The van der Waals surface area contributed by atoms with Crippen LogP contribution in [0, 0.1) is 0 Å². The van der Waals surface area contributed by atoms with Crippen molar-refractivity contribution >= 4 is 17.5 Å². The van der Waals surface area contributed by atoms with Crippen molar-refractivity contribution in [3.05, 3.63) is 54.1 Å². The lowest BCUT2D eigenvalue weighted by Crippen LogP contribution is -2.52. The Kier molecular flexibility index (Phi) is 6.53. The zero-order chi connectivity index (χ0) is 22.6. The number of rotatable bonds is 5. The number of nitrogens with one attached hydrogen (secondary N) is 1. The second-order valence-electron chi connectivity index (χ2n) is 8.57. The summed E-state index contributed by atoms with van der Waals surface area (Å²) in [4.78, 5) is 27.7. The number of fused-ring (bicyclic) bond motifs is 1. The van der Waals surface area contributed by atoms with E-state index in [1.165, 1.54) is 12.5 Å². The van der Waals surface area contributed by atoms with Crippen LogP contribution in [0.4, 0.5) is 5.69 Å². The van der Waals surface area contributed by atoms with E-state index in [1.54, 1.807) is 7.11 Å². The summed E-state index contributed by atoms with van der Waals surface area (Å²) >= 11 is 0. The van der Waals surface area contributed by atoms with E-state index in [0.29, 0.717) is 13.1 Å². The highest BCUT2D eigenvalue weighted by molar-refractivity contribution is 5.83. The number of likely N-dealkylation sites (tertiary alicyclic amines) is 1. The Bertz CT molecular complexity index is 969. The molecule has 0 bridgehead atoms. The van der Waals surface area contributed by atoms with E-state index in [9.17, 15) is 9.59 Å². The molecule has 2 aliphatic heterocycles. The van der Waals surface area contributed by atoms with Crippen molar-refractivity contribution in [2.45, 2.75) is 38.3 Å².